The van der Waals surface area contributed by atoms with Crippen LogP contribution in [-0.2, 0) is 6.54 Å². The molecule has 0 unspecified atom stereocenters. The molecule has 84 valence electrons. The van der Waals surface area contributed by atoms with Crippen molar-refractivity contribution in [2.45, 2.75) is 13.5 Å². The lowest BCUT2D eigenvalue weighted by Crippen LogP contribution is -1.98. The third kappa shape index (κ3) is 2.87. The van der Waals surface area contributed by atoms with E-state index in [1.807, 2.05) is 0 Å². The molecular formula is C12H11Br2NS. The van der Waals surface area contributed by atoms with E-state index in [2.05, 4.69) is 74.4 Å². The maximum absolute atomic E-state index is 3.59. The summed E-state index contributed by atoms with van der Waals surface area (Å²) in [6, 6.07) is 10.4. The molecule has 1 N–H and O–H groups in total. The molecule has 0 spiro atoms. The first-order valence-electron chi connectivity index (χ1n) is 4.90. The van der Waals surface area contributed by atoms with Gasteiger partial charge in [0.2, 0.25) is 0 Å². The van der Waals surface area contributed by atoms with Crippen LogP contribution in [0.2, 0.25) is 0 Å². The van der Waals surface area contributed by atoms with Gasteiger partial charge < -0.3 is 5.32 Å². The molecule has 4 heteroatoms. The summed E-state index contributed by atoms with van der Waals surface area (Å²) in [7, 11) is 0. The highest BCUT2D eigenvalue weighted by Crippen LogP contribution is 2.27. The van der Waals surface area contributed by atoms with Gasteiger partial charge in [0, 0.05) is 21.6 Å². The van der Waals surface area contributed by atoms with Gasteiger partial charge >= 0.3 is 0 Å². The first-order chi connectivity index (χ1) is 7.66. The molecule has 1 aromatic heterocycles. The van der Waals surface area contributed by atoms with Crippen LogP contribution in [0.3, 0.4) is 0 Å². The van der Waals surface area contributed by atoms with Crippen LogP contribution < -0.4 is 5.32 Å². The molecule has 0 atom stereocenters. The van der Waals surface area contributed by atoms with Crippen LogP contribution in [0.15, 0.2) is 38.6 Å². The Labute approximate surface area is 116 Å². The van der Waals surface area contributed by atoms with Gasteiger partial charge in [0.05, 0.1) is 3.79 Å². The third-order valence-corrected chi connectivity index (χ3v) is 4.95. The summed E-state index contributed by atoms with van der Waals surface area (Å²) < 4.78 is 2.32. The molecule has 16 heavy (non-hydrogen) atoms. The molecule has 0 aliphatic carbocycles. The zero-order chi connectivity index (χ0) is 11.5. The average molecular weight is 361 g/mol. The summed E-state index contributed by atoms with van der Waals surface area (Å²) in [6.07, 6.45) is 0. The van der Waals surface area contributed by atoms with Crippen LogP contribution in [0.4, 0.5) is 5.69 Å². The molecule has 0 aliphatic rings. The molecule has 1 nitrogen and oxygen atoms in total. The van der Waals surface area contributed by atoms with E-state index in [4.69, 9.17) is 0 Å². The minimum atomic E-state index is 0.859. The Morgan fingerprint density at radius 3 is 2.69 bits per heavy atom. The monoisotopic (exact) mass is 359 g/mol. The average Bonchev–Trinajstić information content (AvgIpc) is 2.67. The maximum atomic E-state index is 3.59. The minimum absolute atomic E-state index is 0.859. The maximum Gasteiger partial charge on any atom is 0.0702 e. The number of thiophene rings is 1. The molecular weight excluding hydrogens is 350 g/mol. The van der Waals surface area contributed by atoms with Gasteiger partial charge in [0.1, 0.15) is 0 Å². The Bertz CT molecular complexity index is 494. The van der Waals surface area contributed by atoms with Crippen molar-refractivity contribution in [2.24, 2.45) is 0 Å². The molecule has 1 heterocycles. The van der Waals surface area contributed by atoms with Gasteiger partial charge in [0.25, 0.3) is 0 Å². The van der Waals surface area contributed by atoms with E-state index in [0.29, 0.717) is 0 Å². The second-order valence-corrected chi connectivity index (χ2v) is 6.84. The predicted molar refractivity (Wildman–Crippen MR) is 78.2 cm³/mol. The van der Waals surface area contributed by atoms with E-state index in [1.165, 1.54) is 14.2 Å². The fourth-order valence-electron chi connectivity index (χ4n) is 1.41. The zero-order valence-corrected chi connectivity index (χ0v) is 12.7. The Balaban J connectivity index is 2.07. The predicted octanol–water partition coefficient (Wildman–Crippen LogP) is 5.19. The molecule has 0 saturated heterocycles. The van der Waals surface area contributed by atoms with Gasteiger partial charge in [-0.25, -0.2) is 0 Å². The number of rotatable bonds is 3. The third-order valence-electron chi connectivity index (χ3n) is 2.27. The molecule has 0 radical (unpaired) electrons. The van der Waals surface area contributed by atoms with E-state index < -0.39 is 0 Å². The fraction of sp³-hybridized carbons (Fsp3) is 0.167. The topological polar surface area (TPSA) is 12.0 Å². The van der Waals surface area contributed by atoms with Crippen LogP contribution in [0.5, 0.6) is 0 Å². The van der Waals surface area contributed by atoms with E-state index >= 15 is 0 Å². The fourth-order valence-corrected chi connectivity index (χ4v) is 3.24. The number of nitrogens with one attached hydrogen (secondary N) is 1. The summed E-state index contributed by atoms with van der Waals surface area (Å²) in [5, 5.41) is 3.43. The highest BCUT2D eigenvalue weighted by molar-refractivity contribution is 9.11. The normalized spacial score (nSPS) is 10.4. The first-order valence-corrected chi connectivity index (χ1v) is 7.30. The van der Waals surface area contributed by atoms with Crippen molar-refractivity contribution in [1.82, 2.24) is 0 Å². The molecule has 0 saturated carbocycles. The van der Waals surface area contributed by atoms with E-state index in [-0.39, 0.29) is 0 Å². The Kier molecular flexibility index (Phi) is 4.05. The van der Waals surface area contributed by atoms with E-state index in [9.17, 15) is 0 Å². The highest BCUT2D eigenvalue weighted by atomic mass is 79.9. The standard InChI is InChI=1S/C12H11Br2NS/c1-8-3-2-4-10(12(8)14)15-7-9-5-6-11(13)16-9/h2-6,15H,7H2,1H3. The first kappa shape index (κ1) is 12.1. The Hall–Kier alpha value is -0.320. The van der Waals surface area contributed by atoms with Gasteiger partial charge in [-0.05, 0) is 62.5 Å². The molecule has 0 bridgehead atoms. The summed E-state index contributed by atoms with van der Waals surface area (Å²) >= 11 is 8.81. The number of halogens is 2. The number of benzene rings is 1. The zero-order valence-electron chi connectivity index (χ0n) is 8.76. The van der Waals surface area contributed by atoms with Crippen molar-refractivity contribution in [3.63, 3.8) is 0 Å². The van der Waals surface area contributed by atoms with E-state index in [0.717, 1.165) is 16.7 Å². The lowest BCUT2D eigenvalue weighted by molar-refractivity contribution is 1.18. The number of hydrogen-bond acceptors (Lipinski definition) is 2. The second-order valence-electron chi connectivity index (χ2n) is 3.50. The van der Waals surface area contributed by atoms with Gasteiger partial charge in [0.15, 0.2) is 0 Å². The number of hydrogen-bond donors (Lipinski definition) is 1. The lowest BCUT2D eigenvalue weighted by atomic mass is 10.2. The second kappa shape index (κ2) is 5.34. The van der Waals surface area contributed by atoms with Crippen molar-refractivity contribution in [1.29, 1.82) is 0 Å². The SMILES string of the molecule is Cc1cccc(NCc2ccc(Br)s2)c1Br. The number of aryl methyl sites for hydroxylation is 1. The van der Waals surface area contributed by atoms with Gasteiger partial charge in [-0.2, -0.15) is 0 Å². The summed E-state index contributed by atoms with van der Waals surface area (Å²) in [6.45, 7) is 2.95. The summed E-state index contributed by atoms with van der Waals surface area (Å²) in [5.74, 6) is 0. The van der Waals surface area contributed by atoms with Crippen molar-refractivity contribution in [2.75, 3.05) is 5.32 Å². The molecule has 1 aromatic carbocycles. The van der Waals surface area contributed by atoms with Crippen LogP contribution >= 0.6 is 43.2 Å². The van der Waals surface area contributed by atoms with Gasteiger partial charge in [-0.1, -0.05) is 12.1 Å². The van der Waals surface area contributed by atoms with Crippen LogP contribution in [0.25, 0.3) is 0 Å². The highest BCUT2D eigenvalue weighted by Gasteiger charge is 2.02. The molecule has 2 aromatic rings. The van der Waals surface area contributed by atoms with Crippen LogP contribution in [-0.4, -0.2) is 0 Å². The van der Waals surface area contributed by atoms with Crippen molar-refractivity contribution < 1.29 is 0 Å². The molecule has 2 rings (SSSR count). The molecule has 0 aliphatic heterocycles. The lowest BCUT2D eigenvalue weighted by Gasteiger charge is -2.08. The van der Waals surface area contributed by atoms with E-state index in [1.54, 1.807) is 11.3 Å². The van der Waals surface area contributed by atoms with Gasteiger partial charge in [-0.3, -0.25) is 0 Å². The van der Waals surface area contributed by atoms with Gasteiger partial charge in [-0.15, -0.1) is 11.3 Å². The molecule has 0 amide bonds. The van der Waals surface area contributed by atoms with Crippen LogP contribution in [0.1, 0.15) is 10.4 Å². The summed E-state index contributed by atoms with van der Waals surface area (Å²) in [5.41, 5.74) is 2.39. The minimum Gasteiger partial charge on any atom is -0.379 e. The van der Waals surface area contributed by atoms with Crippen molar-refractivity contribution >= 4 is 48.9 Å². The molecule has 0 fully saturated rings. The quantitative estimate of drug-likeness (QED) is 0.793. The smallest absolute Gasteiger partial charge is 0.0702 e. The van der Waals surface area contributed by atoms with Crippen LogP contribution in [0, 0.1) is 6.92 Å². The summed E-state index contributed by atoms with van der Waals surface area (Å²) in [4.78, 5) is 1.32. The largest absolute Gasteiger partial charge is 0.379 e. The Morgan fingerprint density at radius 2 is 2.00 bits per heavy atom. The van der Waals surface area contributed by atoms with Crippen molar-refractivity contribution in [3.05, 3.63) is 49.0 Å². The Morgan fingerprint density at radius 1 is 1.19 bits per heavy atom. The van der Waals surface area contributed by atoms with Crippen molar-refractivity contribution in [3.8, 4) is 0 Å². The number of anilines is 1.